The number of hydrogen-bond donors (Lipinski definition) is 0. The molecule has 0 aliphatic carbocycles. The van der Waals surface area contributed by atoms with Crippen molar-refractivity contribution in [2.45, 2.75) is 45.1 Å². The standard InChI is InChI=1S/C29H29N3O/c1-5-22-16-21(17-23-10-9-15-32(4)28(22)23)13-14-26-18-24(27(20-30)31-3)19-29(2,33-26)25-11-7-6-8-12-25/h6-8,11-14,16-18H,5,9-10,15,19H2,1-2,4H3/b14-13+,27-24+. The first-order valence-corrected chi connectivity index (χ1v) is 11.5. The number of anilines is 1. The molecule has 1 unspecified atom stereocenters. The summed E-state index contributed by atoms with van der Waals surface area (Å²) in [4.78, 5) is 5.83. The maximum absolute atomic E-state index is 9.49. The van der Waals surface area contributed by atoms with Crippen molar-refractivity contribution in [3.8, 4) is 6.07 Å². The van der Waals surface area contributed by atoms with E-state index < -0.39 is 5.60 Å². The number of benzene rings is 2. The van der Waals surface area contributed by atoms with Gasteiger partial charge in [-0.15, -0.1) is 0 Å². The van der Waals surface area contributed by atoms with Gasteiger partial charge in [0.05, 0.1) is 12.6 Å². The SMILES string of the molecule is [C-]#[N+]/C(C#N)=C1C=C(/C=C/c2cc(CC)c3c(c2)CCCN3C)OC(C)(c2ccccc2)C\1. The lowest BCUT2D eigenvalue weighted by Crippen LogP contribution is -2.29. The average molecular weight is 436 g/mol. The van der Waals surface area contributed by atoms with Crippen molar-refractivity contribution >= 4 is 11.8 Å². The van der Waals surface area contributed by atoms with Gasteiger partial charge in [0.25, 0.3) is 5.70 Å². The quantitative estimate of drug-likeness (QED) is 0.403. The van der Waals surface area contributed by atoms with Crippen LogP contribution in [0.1, 0.15) is 48.9 Å². The fourth-order valence-electron chi connectivity index (χ4n) is 4.90. The van der Waals surface area contributed by atoms with Gasteiger partial charge in [0, 0.05) is 25.7 Å². The molecule has 33 heavy (non-hydrogen) atoms. The van der Waals surface area contributed by atoms with E-state index in [9.17, 15) is 5.26 Å². The van der Waals surface area contributed by atoms with Crippen molar-refractivity contribution in [1.29, 1.82) is 5.26 Å². The summed E-state index contributed by atoms with van der Waals surface area (Å²) in [7, 11) is 2.18. The molecule has 4 rings (SSSR count). The van der Waals surface area contributed by atoms with E-state index >= 15 is 0 Å². The molecule has 166 valence electrons. The van der Waals surface area contributed by atoms with Gasteiger partial charge in [-0.25, -0.2) is 10.1 Å². The highest BCUT2D eigenvalue weighted by molar-refractivity contribution is 5.67. The van der Waals surface area contributed by atoms with E-state index in [-0.39, 0.29) is 5.70 Å². The first-order valence-electron chi connectivity index (χ1n) is 11.5. The Morgan fingerprint density at radius 3 is 2.76 bits per heavy atom. The van der Waals surface area contributed by atoms with Crippen molar-refractivity contribution in [3.63, 3.8) is 0 Å². The molecular weight excluding hydrogens is 406 g/mol. The fourth-order valence-corrected chi connectivity index (χ4v) is 4.90. The zero-order valence-electron chi connectivity index (χ0n) is 19.6. The molecule has 2 aromatic carbocycles. The summed E-state index contributed by atoms with van der Waals surface area (Å²) in [6.07, 6.45) is 9.62. The minimum atomic E-state index is -0.648. The average Bonchev–Trinajstić information content (AvgIpc) is 2.83. The van der Waals surface area contributed by atoms with Gasteiger partial charge >= 0.3 is 0 Å². The fraction of sp³-hybridized carbons (Fsp3) is 0.310. The van der Waals surface area contributed by atoms with E-state index in [0.29, 0.717) is 17.8 Å². The molecule has 0 N–H and O–H groups in total. The van der Waals surface area contributed by atoms with Gasteiger partial charge in [0.2, 0.25) is 0 Å². The van der Waals surface area contributed by atoms with Crippen LogP contribution in [0, 0.1) is 17.9 Å². The lowest BCUT2D eigenvalue weighted by Gasteiger charge is -2.36. The van der Waals surface area contributed by atoms with Crippen LogP contribution in [0.3, 0.4) is 0 Å². The van der Waals surface area contributed by atoms with Crippen LogP contribution in [0.15, 0.2) is 71.6 Å². The Morgan fingerprint density at radius 1 is 1.27 bits per heavy atom. The molecule has 2 aliphatic rings. The third kappa shape index (κ3) is 4.57. The van der Waals surface area contributed by atoms with Crippen molar-refractivity contribution in [2.75, 3.05) is 18.5 Å². The summed E-state index contributed by atoms with van der Waals surface area (Å²) in [5, 5.41) is 9.49. The number of rotatable bonds is 4. The third-order valence-corrected chi connectivity index (χ3v) is 6.53. The number of ether oxygens (including phenoxy) is 1. The second-order valence-electron chi connectivity index (χ2n) is 8.92. The highest BCUT2D eigenvalue weighted by atomic mass is 16.5. The van der Waals surface area contributed by atoms with Gasteiger partial charge in [0.15, 0.2) is 0 Å². The Labute approximate surface area is 196 Å². The molecule has 0 spiro atoms. The van der Waals surface area contributed by atoms with Gasteiger partial charge < -0.3 is 9.64 Å². The molecule has 4 heteroatoms. The molecule has 0 amide bonds. The number of nitrogens with zero attached hydrogens (tertiary/aromatic N) is 3. The molecule has 0 aromatic heterocycles. The monoisotopic (exact) mass is 435 g/mol. The second kappa shape index (κ2) is 9.39. The Morgan fingerprint density at radius 2 is 2.06 bits per heavy atom. The zero-order chi connectivity index (χ0) is 23.4. The topological polar surface area (TPSA) is 40.6 Å². The smallest absolute Gasteiger partial charge is 0.265 e. The molecule has 0 bridgehead atoms. The number of allylic oxidation sites excluding steroid dienone is 3. The van der Waals surface area contributed by atoms with Crippen LogP contribution in [-0.2, 0) is 23.2 Å². The third-order valence-electron chi connectivity index (χ3n) is 6.53. The minimum Gasteiger partial charge on any atom is -0.483 e. The Kier molecular flexibility index (Phi) is 6.38. The summed E-state index contributed by atoms with van der Waals surface area (Å²) < 4.78 is 6.46. The zero-order valence-corrected chi connectivity index (χ0v) is 19.6. The summed E-state index contributed by atoms with van der Waals surface area (Å²) in [5.41, 5.74) is 6.50. The Balaban J connectivity index is 1.73. The molecule has 4 nitrogen and oxygen atoms in total. The van der Waals surface area contributed by atoms with Crippen LogP contribution < -0.4 is 4.90 Å². The van der Waals surface area contributed by atoms with Crippen molar-refractivity contribution in [2.24, 2.45) is 0 Å². The van der Waals surface area contributed by atoms with Crippen LogP contribution in [-0.4, -0.2) is 13.6 Å². The molecule has 0 saturated heterocycles. The van der Waals surface area contributed by atoms with Gasteiger partial charge in [0.1, 0.15) is 11.4 Å². The predicted octanol–water partition coefficient (Wildman–Crippen LogP) is 6.56. The number of hydrogen-bond acceptors (Lipinski definition) is 3. The normalized spacial score (nSPS) is 21.5. The van der Waals surface area contributed by atoms with Gasteiger partial charge in [-0.1, -0.05) is 43.3 Å². The van der Waals surface area contributed by atoms with Crippen LogP contribution in [0.5, 0.6) is 0 Å². The van der Waals surface area contributed by atoms with Crippen molar-refractivity contribution in [1.82, 2.24) is 0 Å². The highest BCUT2D eigenvalue weighted by Crippen LogP contribution is 2.40. The minimum absolute atomic E-state index is 0.122. The summed E-state index contributed by atoms with van der Waals surface area (Å²) in [5.74, 6) is 0.659. The number of fused-ring (bicyclic) bond motifs is 1. The molecule has 2 aromatic rings. The first kappa shape index (κ1) is 22.4. The van der Waals surface area contributed by atoms with E-state index in [1.165, 1.54) is 23.2 Å². The van der Waals surface area contributed by atoms with E-state index in [4.69, 9.17) is 11.3 Å². The van der Waals surface area contributed by atoms with E-state index in [0.717, 1.165) is 30.5 Å². The number of nitriles is 1. The first-order chi connectivity index (χ1) is 16.0. The Hall–Kier alpha value is -3.76. The molecule has 0 fully saturated rings. The van der Waals surface area contributed by atoms with E-state index in [1.54, 1.807) is 0 Å². The molecule has 2 aliphatic heterocycles. The molecule has 0 radical (unpaired) electrons. The van der Waals surface area contributed by atoms with Gasteiger partial charge in [-0.05, 0) is 78.3 Å². The van der Waals surface area contributed by atoms with Crippen molar-refractivity contribution < 1.29 is 4.74 Å². The summed E-state index contributed by atoms with van der Waals surface area (Å²) in [6, 6.07) is 16.6. The van der Waals surface area contributed by atoms with Gasteiger partial charge in [-0.3, -0.25) is 0 Å². The second-order valence-corrected chi connectivity index (χ2v) is 8.92. The molecule has 0 saturated carbocycles. The summed E-state index contributed by atoms with van der Waals surface area (Å²) in [6.45, 7) is 12.8. The molecular formula is C29H29N3O. The largest absolute Gasteiger partial charge is 0.483 e. The maximum atomic E-state index is 9.49. The van der Waals surface area contributed by atoms with Crippen LogP contribution in [0.2, 0.25) is 0 Å². The highest BCUT2D eigenvalue weighted by Gasteiger charge is 2.34. The molecule has 1 atom stereocenters. The number of aryl methyl sites for hydroxylation is 2. The van der Waals surface area contributed by atoms with E-state index in [2.05, 4.69) is 48.0 Å². The van der Waals surface area contributed by atoms with E-state index in [1.807, 2.05) is 49.4 Å². The Bertz CT molecular complexity index is 1190. The van der Waals surface area contributed by atoms with Crippen molar-refractivity contribution in [3.05, 3.63) is 105 Å². The van der Waals surface area contributed by atoms with Crippen LogP contribution >= 0.6 is 0 Å². The lowest BCUT2D eigenvalue weighted by molar-refractivity contribution is 0.0143. The lowest BCUT2D eigenvalue weighted by atomic mass is 9.85. The predicted molar refractivity (Wildman–Crippen MR) is 133 cm³/mol. The maximum Gasteiger partial charge on any atom is 0.265 e. The summed E-state index contributed by atoms with van der Waals surface area (Å²) >= 11 is 0. The van der Waals surface area contributed by atoms with Crippen LogP contribution in [0.4, 0.5) is 5.69 Å². The molecule has 2 heterocycles. The van der Waals surface area contributed by atoms with Gasteiger partial charge in [-0.2, -0.15) is 0 Å². The van der Waals surface area contributed by atoms with Crippen LogP contribution in [0.25, 0.3) is 10.9 Å².